The van der Waals surface area contributed by atoms with Crippen LogP contribution in [0.5, 0.6) is 0 Å². The molecule has 2 aromatic rings. The second-order valence-electron chi connectivity index (χ2n) is 7.00. The molecule has 0 spiro atoms. The number of benzene rings is 1. The molecule has 1 amide bonds. The van der Waals surface area contributed by atoms with Gasteiger partial charge in [0.25, 0.3) is 5.91 Å². The van der Waals surface area contributed by atoms with E-state index in [2.05, 4.69) is 9.80 Å². The Balaban J connectivity index is 1.35. The van der Waals surface area contributed by atoms with Crippen molar-refractivity contribution >= 4 is 22.9 Å². The van der Waals surface area contributed by atoms with E-state index in [0.717, 1.165) is 57.0 Å². The number of hydrogen-bond donors (Lipinski definition) is 0. The zero-order valence-electron chi connectivity index (χ0n) is 14.8. The Hall–Kier alpha value is -1.92. The third-order valence-corrected chi connectivity index (χ3v) is 6.30. The number of carbonyl (C=O) groups excluding carboxylic acids is 1. The van der Waals surface area contributed by atoms with E-state index in [1.807, 2.05) is 34.5 Å². The lowest BCUT2D eigenvalue weighted by Crippen LogP contribution is -2.56. The second-order valence-corrected chi connectivity index (χ2v) is 7.95. The van der Waals surface area contributed by atoms with Crippen molar-refractivity contribution in [2.75, 3.05) is 44.2 Å². The van der Waals surface area contributed by atoms with E-state index >= 15 is 0 Å². The van der Waals surface area contributed by atoms with Crippen molar-refractivity contribution in [2.45, 2.75) is 18.9 Å². The normalized spacial score (nSPS) is 21.8. The summed E-state index contributed by atoms with van der Waals surface area (Å²) >= 11 is 1.51. The van der Waals surface area contributed by atoms with Crippen LogP contribution < -0.4 is 4.90 Å². The maximum absolute atomic E-state index is 14.0. The second kappa shape index (κ2) is 7.76. The number of piperidine rings is 1. The molecule has 0 aliphatic carbocycles. The SMILES string of the molecule is O=C(c1cccs1)N1CCC[C@H](N2CCN(c3ccccc3F)CC2)C1. The van der Waals surface area contributed by atoms with Crippen molar-refractivity contribution < 1.29 is 9.18 Å². The molecule has 3 heterocycles. The minimum atomic E-state index is -0.147. The number of hydrogen-bond acceptors (Lipinski definition) is 4. The van der Waals surface area contributed by atoms with Crippen molar-refractivity contribution in [3.63, 3.8) is 0 Å². The number of piperazine rings is 1. The first-order chi connectivity index (χ1) is 12.7. The van der Waals surface area contributed by atoms with Gasteiger partial charge in [0, 0.05) is 45.3 Å². The quantitative estimate of drug-likeness (QED) is 0.826. The Morgan fingerprint density at radius 3 is 2.58 bits per heavy atom. The molecule has 0 unspecified atom stereocenters. The molecule has 2 aliphatic rings. The van der Waals surface area contributed by atoms with E-state index in [0.29, 0.717) is 11.7 Å². The van der Waals surface area contributed by atoms with Crippen LogP contribution in [0.15, 0.2) is 41.8 Å². The molecule has 2 saturated heterocycles. The zero-order chi connectivity index (χ0) is 17.9. The lowest BCUT2D eigenvalue weighted by atomic mass is 10.0. The molecule has 4 rings (SSSR count). The van der Waals surface area contributed by atoms with Crippen LogP contribution in [0.2, 0.25) is 0 Å². The highest BCUT2D eigenvalue weighted by atomic mass is 32.1. The van der Waals surface area contributed by atoms with Gasteiger partial charge in [-0.15, -0.1) is 11.3 Å². The van der Waals surface area contributed by atoms with Gasteiger partial charge in [0.15, 0.2) is 0 Å². The van der Waals surface area contributed by atoms with E-state index in [4.69, 9.17) is 0 Å². The Labute approximate surface area is 157 Å². The van der Waals surface area contributed by atoms with Crippen molar-refractivity contribution in [1.29, 1.82) is 0 Å². The largest absolute Gasteiger partial charge is 0.367 e. The molecule has 1 aromatic carbocycles. The zero-order valence-corrected chi connectivity index (χ0v) is 15.6. The molecule has 4 nitrogen and oxygen atoms in total. The van der Waals surface area contributed by atoms with Gasteiger partial charge in [-0.1, -0.05) is 18.2 Å². The molecule has 1 atom stereocenters. The number of thiophene rings is 1. The molecule has 6 heteroatoms. The molecular weight excluding hydrogens is 349 g/mol. The fourth-order valence-corrected chi connectivity index (χ4v) is 4.72. The molecule has 0 N–H and O–H groups in total. The number of para-hydroxylation sites is 1. The lowest BCUT2D eigenvalue weighted by molar-refractivity contribution is 0.0567. The van der Waals surface area contributed by atoms with Gasteiger partial charge in [-0.25, -0.2) is 4.39 Å². The molecule has 1 aromatic heterocycles. The highest BCUT2D eigenvalue weighted by Crippen LogP contribution is 2.24. The summed E-state index contributed by atoms with van der Waals surface area (Å²) in [6.07, 6.45) is 2.18. The van der Waals surface area contributed by atoms with Gasteiger partial charge >= 0.3 is 0 Å². The van der Waals surface area contributed by atoms with Crippen LogP contribution in [0.3, 0.4) is 0 Å². The highest BCUT2D eigenvalue weighted by Gasteiger charge is 2.30. The highest BCUT2D eigenvalue weighted by molar-refractivity contribution is 7.12. The lowest BCUT2D eigenvalue weighted by Gasteiger charge is -2.43. The van der Waals surface area contributed by atoms with Crippen molar-refractivity contribution in [3.05, 3.63) is 52.5 Å². The van der Waals surface area contributed by atoms with E-state index in [1.165, 1.54) is 17.4 Å². The van der Waals surface area contributed by atoms with Crippen LogP contribution in [0, 0.1) is 5.82 Å². The van der Waals surface area contributed by atoms with Crippen LogP contribution >= 0.6 is 11.3 Å². The molecule has 0 radical (unpaired) electrons. The smallest absolute Gasteiger partial charge is 0.263 e. The first-order valence-electron chi connectivity index (χ1n) is 9.28. The first kappa shape index (κ1) is 17.5. The average Bonchev–Trinajstić information content (AvgIpc) is 3.23. The molecule has 26 heavy (non-hydrogen) atoms. The summed E-state index contributed by atoms with van der Waals surface area (Å²) in [4.78, 5) is 20.1. The van der Waals surface area contributed by atoms with Gasteiger partial charge < -0.3 is 9.80 Å². The Bertz CT molecular complexity index is 743. The summed E-state index contributed by atoms with van der Waals surface area (Å²) in [6, 6.07) is 11.3. The number of carbonyl (C=O) groups is 1. The summed E-state index contributed by atoms with van der Waals surface area (Å²) in [6.45, 7) is 5.14. The minimum Gasteiger partial charge on any atom is -0.367 e. The average molecular weight is 373 g/mol. The summed E-state index contributed by atoms with van der Waals surface area (Å²) in [5, 5.41) is 1.95. The number of amides is 1. The Kier molecular flexibility index (Phi) is 5.22. The molecule has 0 bridgehead atoms. The fraction of sp³-hybridized carbons (Fsp3) is 0.450. The van der Waals surface area contributed by atoms with Crippen LogP contribution in [0.4, 0.5) is 10.1 Å². The van der Waals surface area contributed by atoms with Crippen molar-refractivity contribution in [3.8, 4) is 0 Å². The minimum absolute atomic E-state index is 0.147. The summed E-state index contributed by atoms with van der Waals surface area (Å²) in [5.74, 6) is 0.0148. The van der Waals surface area contributed by atoms with Gasteiger partial charge in [0.1, 0.15) is 5.82 Å². The number of likely N-dealkylation sites (tertiary alicyclic amines) is 1. The summed E-state index contributed by atoms with van der Waals surface area (Å²) in [7, 11) is 0. The number of halogens is 1. The van der Waals surface area contributed by atoms with Crippen LogP contribution in [0.1, 0.15) is 22.5 Å². The number of anilines is 1. The van der Waals surface area contributed by atoms with Crippen LogP contribution in [-0.4, -0.2) is 61.0 Å². The standard InChI is InChI=1S/C20H24FN3OS/c21-17-6-1-2-7-18(17)23-12-10-22(11-13-23)16-5-3-9-24(15-16)20(25)19-8-4-14-26-19/h1-2,4,6-8,14,16H,3,5,9-13,15H2/t16-/m0/s1. The van der Waals surface area contributed by atoms with E-state index in [-0.39, 0.29) is 11.7 Å². The maximum atomic E-state index is 14.0. The van der Waals surface area contributed by atoms with Crippen LogP contribution in [-0.2, 0) is 0 Å². The van der Waals surface area contributed by atoms with Gasteiger partial charge in [-0.2, -0.15) is 0 Å². The maximum Gasteiger partial charge on any atom is 0.263 e. The van der Waals surface area contributed by atoms with Crippen molar-refractivity contribution in [1.82, 2.24) is 9.80 Å². The predicted octanol–water partition coefficient (Wildman–Crippen LogP) is 3.31. The Morgan fingerprint density at radius 2 is 1.85 bits per heavy atom. The topological polar surface area (TPSA) is 26.8 Å². The predicted molar refractivity (Wildman–Crippen MR) is 103 cm³/mol. The molecular formula is C20H24FN3OS. The third-order valence-electron chi connectivity index (χ3n) is 5.44. The van der Waals surface area contributed by atoms with Gasteiger partial charge in [-0.3, -0.25) is 9.69 Å². The number of rotatable bonds is 3. The van der Waals surface area contributed by atoms with Gasteiger partial charge in [0.05, 0.1) is 10.6 Å². The van der Waals surface area contributed by atoms with E-state index in [1.54, 1.807) is 6.07 Å². The third kappa shape index (κ3) is 3.62. The molecule has 2 aliphatic heterocycles. The molecule has 2 fully saturated rings. The van der Waals surface area contributed by atoms with Gasteiger partial charge in [0.2, 0.25) is 0 Å². The van der Waals surface area contributed by atoms with E-state index in [9.17, 15) is 9.18 Å². The van der Waals surface area contributed by atoms with E-state index < -0.39 is 0 Å². The molecule has 138 valence electrons. The number of nitrogens with zero attached hydrogens (tertiary/aromatic N) is 3. The fourth-order valence-electron chi connectivity index (χ4n) is 4.03. The first-order valence-corrected chi connectivity index (χ1v) is 10.2. The Morgan fingerprint density at radius 1 is 1.04 bits per heavy atom. The summed E-state index contributed by atoms with van der Waals surface area (Å²) < 4.78 is 14.0. The summed E-state index contributed by atoms with van der Waals surface area (Å²) in [5.41, 5.74) is 0.699. The van der Waals surface area contributed by atoms with Crippen molar-refractivity contribution in [2.24, 2.45) is 0 Å². The van der Waals surface area contributed by atoms with Crippen LogP contribution in [0.25, 0.3) is 0 Å². The monoisotopic (exact) mass is 373 g/mol. The van der Waals surface area contributed by atoms with Gasteiger partial charge in [-0.05, 0) is 36.4 Å². The molecule has 0 saturated carbocycles.